The van der Waals surface area contributed by atoms with E-state index in [4.69, 9.17) is 0 Å². The monoisotopic (exact) mass is 200 g/mol. The fourth-order valence-corrected chi connectivity index (χ4v) is 3.23. The molecule has 0 saturated carbocycles. The van der Waals surface area contributed by atoms with E-state index in [1.54, 1.807) is 0 Å². The van der Waals surface area contributed by atoms with Gasteiger partial charge in [0.1, 0.15) is 0 Å². The number of hydrogen-bond donors (Lipinski definition) is 1. The van der Waals surface area contributed by atoms with Crippen LogP contribution in [0.15, 0.2) is 4.90 Å². The van der Waals surface area contributed by atoms with Crippen molar-refractivity contribution in [2.75, 3.05) is 5.75 Å². The molecule has 3 nitrogen and oxygen atoms in total. The molecular weight excluding hydrogens is 184 g/mol. The SMILES string of the molecule is CC(C)c1n[nH]c2c1S(=O)CCC2.[HH]. The highest BCUT2D eigenvalue weighted by atomic mass is 32.2. The second-order valence-corrected chi connectivity index (χ2v) is 5.23. The molecule has 2 rings (SSSR count). The van der Waals surface area contributed by atoms with Gasteiger partial charge in [-0.15, -0.1) is 0 Å². The normalized spacial score (nSPS) is 21.9. The smallest absolute Gasteiger partial charge is 0.0831 e. The van der Waals surface area contributed by atoms with E-state index in [9.17, 15) is 4.21 Å². The van der Waals surface area contributed by atoms with E-state index in [0.717, 1.165) is 34.9 Å². The zero-order valence-electron chi connectivity index (χ0n) is 7.96. The third kappa shape index (κ3) is 1.43. The van der Waals surface area contributed by atoms with Gasteiger partial charge >= 0.3 is 0 Å². The van der Waals surface area contributed by atoms with Crippen molar-refractivity contribution >= 4 is 10.8 Å². The summed E-state index contributed by atoms with van der Waals surface area (Å²) in [6.07, 6.45) is 2.01. The first-order valence-electron chi connectivity index (χ1n) is 4.65. The minimum atomic E-state index is -0.810. The Morgan fingerprint density at radius 2 is 2.38 bits per heavy atom. The second-order valence-electron chi connectivity index (χ2n) is 3.72. The Labute approximate surface area is 81.9 Å². The molecule has 0 radical (unpaired) electrons. The molecular formula is C9H16N2OS. The average Bonchev–Trinajstić information content (AvgIpc) is 2.49. The Balaban J connectivity index is 0.000000980. The molecule has 13 heavy (non-hydrogen) atoms. The molecule has 4 heteroatoms. The summed E-state index contributed by atoms with van der Waals surface area (Å²) in [5, 5.41) is 7.22. The zero-order valence-corrected chi connectivity index (χ0v) is 8.78. The molecule has 0 spiro atoms. The fraction of sp³-hybridized carbons (Fsp3) is 0.667. The molecule has 0 saturated heterocycles. The molecule has 1 aliphatic heterocycles. The summed E-state index contributed by atoms with van der Waals surface area (Å²) in [6, 6.07) is 0. The van der Waals surface area contributed by atoms with Gasteiger partial charge in [0.25, 0.3) is 0 Å². The van der Waals surface area contributed by atoms with Crippen LogP contribution in [0.25, 0.3) is 0 Å². The van der Waals surface area contributed by atoms with E-state index in [0.29, 0.717) is 5.92 Å². The maximum absolute atomic E-state index is 11.7. The first-order valence-corrected chi connectivity index (χ1v) is 5.97. The van der Waals surface area contributed by atoms with E-state index >= 15 is 0 Å². The van der Waals surface area contributed by atoms with Crippen LogP contribution in [0.3, 0.4) is 0 Å². The van der Waals surface area contributed by atoms with Crippen LogP contribution in [0.1, 0.15) is 39.0 Å². The number of hydrogen-bond acceptors (Lipinski definition) is 2. The number of fused-ring (bicyclic) bond motifs is 1. The lowest BCUT2D eigenvalue weighted by atomic mass is 10.1. The van der Waals surface area contributed by atoms with Gasteiger partial charge in [0.05, 0.1) is 27.1 Å². The van der Waals surface area contributed by atoms with Gasteiger partial charge in [0.2, 0.25) is 0 Å². The molecule has 2 heterocycles. The molecule has 1 aromatic rings. The van der Waals surface area contributed by atoms with Gasteiger partial charge in [-0.3, -0.25) is 9.31 Å². The Hall–Kier alpha value is -0.640. The molecule has 1 aliphatic rings. The van der Waals surface area contributed by atoms with E-state index in [1.165, 1.54) is 0 Å². The van der Waals surface area contributed by atoms with Crippen molar-refractivity contribution in [2.45, 2.75) is 37.5 Å². The van der Waals surface area contributed by atoms with E-state index in [1.807, 2.05) is 0 Å². The summed E-state index contributed by atoms with van der Waals surface area (Å²) in [4.78, 5) is 0.987. The number of nitrogens with one attached hydrogen (secondary N) is 1. The molecule has 0 bridgehead atoms. The predicted molar refractivity (Wildman–Crippen MR) is 54.4 cm³/mol. The topological polar surface area (TPSA) is 45.8 Å². The summed E-state index contributed by atoms with van der Waals surface area (Å²) < 4.78 is 11.7. The minimum absolute atomic E-state index is 0. The lowest BCUT2D eigenvalue weighted by molar-refractivity contribution is 0.670. The number of aromatic nitrogens is 2. The third-order valence-electron chi connectivity index (χ3n) is 2.35. The van der Waals surface area contributed by atoms with Gasteiger partial charge in [-0.05, 0) is 18.8 Å². The zero-order chi connectivity index (χ0) is 9.42. The van der Waals surface area contributed by atoms with Crippen LogP contribution in [0.5, 0.6) is 0 Å². The molecule has 0 aliphatic carbocycles. The number of aryl methyl sites for hydroxylation is 1. The van der Waals surface area contributed by atoms with Crippen molar-refractivity contribution < 1.29 is 5.64 Å². The maximum Gasteiger partial charge on any atom is 0.0831 e. The summed E-state index contributed by atoms with van der Waals surface area (Å²) in [5.74, 6) is 1.16. The molecule has 1 N–H and O–H groups in total. The predicted octanol–water partition coefficient (Wildman–Crippen LogP) is 1.83. The van der Waals surface area contributed by atoms with Crippen LogP contribution in [0, 0.1) is 0 Å². The minimum Gasteiger partial charge on any atom is -0.281 e. The summed E-state index contributed by atoms with van der Waals surface area (Å²) in [7, 11) is -0.810. The first-order chi connectivity index (χ1) is 6.20. The molecule has 1 unspecified atom stereocenters. The van der Waals surface area contributed by atoms with Crippen molar-refractivity contribution in [1.82, 2.24) is 10.2 Å². The van der Waals surface area contributed by atoms with E-state index < -0.39 is 10.8 Å². The van der Waals surface area contributed by atoms with Crippen molar-refractivity contribution in [3.05, 3.63) is 11.4 Å². The Morgan fingerprint density at radius 3 is 3.08 bits per heavy atom. The highest BCUT2D eigenvalue weighted by molar-refractivity contribution is 7.85. The summed E-state index contributed by atoms with van der Waals surface area (Å²) in [5.41, 5.74) is 2.08. The number of rotatable bonds is 1. The maximum atomic E-state index is 11.7. The van der Waals surface area contributed by atoms with Gasteiger partial charge in [0.15, 0.2) is 0 Å². The fourth-order valence-electron chi connectivity index (χ4n) is 1.68. The van der Waals surface area contributed by atoms with Gasteiger partial charge in [-0.25, -0.2) is 0 Å². The number of aromatic amines is 1. The Morgan fingerprint density at radius 1 is 1.62 bits per heavy atom. The molecule has 1 atom stereocenters. The molecule has 1 aromatic heterocycles. The van der Waals surface area contributed by atoms with E-state index in [2.05, 4.69) is 24.0 Å². The quantitative estimate of drug-likeness (QED) is 0.751. The van der Waals surface area contributed by atoms with Crippen LogP contribution >= 0.6 is 0 Å². The van der Waals surface area contributed by atoms with Gasteiger partial charge < -0.3 is 0 Å². The van der Waals surface area contributed by atoms with Gasteiger partial charge in [-0.2, -0.15) is 5.10 Å². The van der Waals surface area contributed by atoms with Crippen LogP contribution < -0.4 is 0 Å². The number of H-pyrrole nitrogens is 1. The van der Waals surface area contributed by atoms with Crippen molar-refractivity contribution in [3.8, 4) is 0 Å². The molecule has 74 valence electrons. The Kier molecular flexibility index (Phi) is 2.24. The number of nitrogens with zero attached hydrogens (tertiary/aromatic N) is 1. The standard InChI is InChI=1S/C9H14N2OS.H2/c1-6(2)8-9-7(10-11-8)4-3-5-13(9)12;/h6H,3-5H2,1-2H3,(H,10,11);1H. The first kappa shape index (κ1) is 8.94. The molecule has 0 aromatic carbocycles. The van der Waals surface area contributed by atoms with Crippen LogP contribution in [-0.4, -0.2) is 20.2 Å². The van der Waals surface area contributed by atoms with Crippen molar-refractivity contribution in [2.24, 2.45) is 0 Å². The lowest BCUT2D eigenvalue weighted by Gasteiger charge is -2.11. The van der Waals surface area contributed by atoms with Crippen LogP contribution in [0.2, 0.25) is 0 Å². The molecule has 0 amide bonds. The highest BCUT2D eigenvalue weighted by Crippen LogP contribution is 2.27. The van der Waals surface area contributed by atoms with Crippen molar-refractivity contribution in [3.63, 3.8) is 0 Å². The summed E-state index contributed by atoms with van der Waals surface area (Å²) in [6.45, 7) is 4.17. The van der Waals surface area contributed by atoms with E-state index in [-0.39, 0.29) is 1.43 Å². The third-order valence-corrected chi connectivity index (χ3v) is 3.92. The largest absolute Gasteiger partial charge is 0.281 e. The van der Waals surface area contributed by atoms with Gasteiger partial charge in [-0.1, -0.05) is 13.8 Å². The lowest BCUT2D eigenvalue weighted by Crippen LogP contribution is -2.10. The molecule has 0 fully saturated rings. The average molecular weight is 200 g/mol. The highest BCUT2D eigenvalue weighted by Gasteiger charge is 2.23. The van der Waals surface area contributed by atoms with Crippen LogP contribution in [0.4, 0.5) is 0 Å². The summed E-state index contributed by atoms with van der Waals surface area (Å²) >= 11 is 0. The Bertz CT molecular complexity index is 349. The second kappa shape index (κ2) is 3.25. The van der Waals surface area contributed by atoms with Crippen molar-refractivity contribution in [1.29, 1.82) is 0 Å². The van der Waals surface area contributed by atoms with Gasteiger partial charge in [0, 0.05) is 7.18 Å². The van der Waals surface area contributed by atoms with Crippen LogP contribution in [-0.2, 0) is 17.2 Å².